The van der Waals surface area contributed by atoms with Gasteiger partial charge in [-0.25, -0.2) is 14.4 Å². The molecule has 4 rings (SSSR count). The summed E-state index contributed by atoms with van der Waals surface area (Å²) >= 11 is 4.70. The second-order valence-corrected chi connectivity index (χ2v) is 9.23. The summed E-state index contributed by atoms with van der Waals surface area (Å²) in [5.41, 5.74) is 0.787. The predicted octanol–water partition coefficient (Wildman–Crippen LogP) is 4.16. The van der Waals surface area contributed by atoms with Crippen LogP contribution in [0.2, 0.25) is 0 Å². The van der Waals surface area contributed by atoms with E-state index in [1.807, 2.05) is 17.0 Å². The van der Waals surface area contributed by atoms with E-state index in [9.17, 15) is 14.0 Å². The lowest BCUT2D eigenvalue weighted by molar-refractivity contribution is -0.137. The lowest BCUT2D eigenvalue weighted by atomic mass is 10.1. The van der Waals surface area contributed by atoms with Crippen LogP contribution >= 0.6 is 27.7 Å². The smallest absolute Gasteiger partial charge is 0.315 e. The van der Waals surface area contributed by atoms with E-state index in [1.165, 1.54) is 43.4 Å². The van der Waals surface area contributed by atoms with Gasteiger partial charge in [-0.05, 0) is 52.3 Å². The van der Waals surface area contributed by atoms with Crippen molar-refractivity contribution in [2.75, 3.05) is 36.2 Å². The molecule has 3 aromatic rings. The number of hydrogen-bond acceptors (Lipinski definition) is 8. The molecule has 1 aromatic heterocycles. The third-order valence-corrected chi connectivity index (χ3v) is 6.57. The summed E-state index contributed by atoms with van der Waals surface area (Å²) < 4.78 is 24.5. The summed E-state index contributed by atoms with van der Waals surface area (Å²) in [7, 11) is 1.35. The summed E-state index contributed by atoms with van der Waals surface area (Å²) in [6.07, 6.45) is 2.86. The first-order chi connectivity index (χ1) is 16.4. The minimum atomic E-state index is -0.380. The average Bonchev–Trinajstić information content (AvgIpc) is 2.82. The zero-order valence-corrected chi connectivity index (χ0v) is 20.4. The Balaban J connectivity index is 1.27. The Kier molecular flexibility index (Phi) is 7.63. The number of esters is 1. The molecule has 2 heterocycles. The van der Waals surface area contributed by atoms with Crippen LogP contribution in [0, 0.1) is 5.82 Å². The number of methoxy groups -OCH3 is 1. The summed E-state index contributed by atoms with van der Waals surface area (Å²) in [4.78, 5) is 35.1. The molecule has 0 radical (unpaired) electrons. The van der Waals surface area contributed by atoms with Crippen LogP contribution in [0.3, 0.4) is 0 Å². The number of aromatic nitrogens is 2. The second-order valence-electron chi connectivity index (χ2n) is 7.32. The Bertz CT molecular complexity index is 1170. The minimum absolute atomic E-state index is 0.100. The monoisotopic (exact) mass is 546 g/mol. The quantitative estimate of drug-likeness (QED) is 0.332. The van der Waals surface area contributed by atoms with Gasteiger partial charge in [-0.2, -0.15) is 0 Å². The molecule has 176 valence electrons. The van der Waals surface area contributed by atoms with Gasteiger partial charge in [-0.3, -0.25) is 9.59 Å². The van der Waals surface area contributed by atoms with Gasteiger partial charge in [0.05, 0.1) is 42.8 Å². The fourth-order valence-corrected chi connectivity index (χ4v) is 4.15. The number of halogens is 2. The molecule has 2 aromatic carbocycles. The number of rotatable bonds is 8. The van der Waals surface area contributed by atoms with Crippen LogP contribution in [0.4, 0.5) is 15.9 Å². The van der Waals surface area contributed by atoms with E-state index < -0.39 is 0 Å². The highest BCUT2D eigenvalue weighted by Gasteiger charge is 2.30. The van der Waals surface area contributed by atoms with Crippen molar-refractivity contribution in [1.82, 2.24) is 9.97 Å². The number of hydrogen-bond donors (Lipinski definition) is 1. The fourth-order valence-electron chi connectivity index (χ4n) is 3.08. The van der Waals surface area contributed by atoms with Gasteiger partial charge in [0.25, 0.3) is 5.91 Å². The zero-order chi connectivity index (χ0) is 24.1. The molecule has 0 bridgehead atoms. The van der Waals surface area contributed by atoms with Crippen LogP contribution in [-0.2, 0) is 9.53 Å². The molecule has 1 N–H and O–H groups in total. The maximum absolute atomic E-state index is 13.4. The van der Waals surface area contributed by atoms with Crippen LogP contribution in [-0.4, -0.2) is 53.9 Å². The molecular formula is C23H20BrFN4O4S. The van der Waals surface area contributed by atoms with E-state index in [0.29, 0.717) is 34.8 Å². The van der Waals surface area contributed by atoms with Crippen molar-refractivity contribution in [3.8, 4) is 5.75 Å². The molecule has 1 aliphatic rings. The number of amides is 1. The standard InChI is InChI=1S/C23H20BrFN4O4S/c1-32-22(30)13-34-17-5-3-15(4-6-17)28-23(31)19-9-27-21(10-26-19)29-11-16(12-29)33-20-8-14(25)2-7-18(20)24/h2-10,16H,11-13H2,1H3,(H,28,31). The van der Waals surface area contributed by atoms with E-state index in [1.54, 1.807) is 18.2 Å². The van der Waals surface area contributed by atoms with Crippen molar-refractivity contribution in [2.45, 2.75) is 11.0 Å². The third-order valence-electron chi connectivity index (χ3n) is 4.93. The van der Waals surface area contributed by atoms with E-state index >= 15 is 0 Å². The topological polar surface area (TPSA) is 93.6 Å². The van der Waals surface area contributed by atoms with Crippen LogP contribution < -0.4 is 15.0 Å². The lowest BCUT2D eigenvalue weighted by Crippen LogP contribution is -2.54. The first-order valence-electron chi connectivity index (χ1n) is 10.2. The minimum Gasteiger partial charge on any atom is -0.485 e. The molecule has 1 aliphatic heterocycles. The van der Waals surface area contributed by atoms with Gasteiger partial charge in [0.2, 0.25) is 0 Å². The molecule has 0 aliphatic carbocycles. The third kappa shape index (κ3) is 6.03. The van der Waals surface area contributed by atoms with Crippen LogP contribution in [0.15, 0.2) is 64.2 Å². The lowest BCUT2D eigenvalue weighted by Gasteiger charge is -2.39. The van der Waals surface area contributed by atoms with Gasteiger partial charge < -0.3 is 19.7 Å². The van der Waals surface area contributed by atoms with Gasteiger partial charge >= 0.3 is 5.97 Å². The largest absolute Gasteiger partial charge is 0.485 e. The van der Waals surface area contributed by atoms with Crippen molar-refractivity contribution in [1.29, 1.82) is 0 Å². The highest BCUT2D eigenvalue weighted by molar-refractivity contribution is 9.10. The van der Waals surface area contributed by atoms with Crippen molar-refractivity contribution < 1.29 is 23.5 Å². The molecule has 1 fully saturated rings. The van der Waals surface area contributed by atoms with Gasteiger partial charge in [-0.1, -0.05) is 0 Å². The number of carbonyl (C=O) groups excluding carboxylic acids is 2. The van der Waals surface area contributed by atoms with Gasteiger partial charge in [-0.15, -0.1) is 11.8 Å². The predicted molar refractivity (Wildman–Crippen MR) is 130 cm³/mol. The molecule has 0 spiro atoms. The van der Waals surface area contributed by atoms with Gasteiger partial charge in [0.1, 0.15) is 29.2 Å². The molecule has 11 heteroatoms. The number of nitrogens with zero attached hydrogens (tertiary/aromatic N) is 3. The molecular weight excluding hydrogens is 527 g/mol. The van der Waals surface area contributed by atoms with E-state index in [2.05, 4.69) is 36.0 Å². The first-order valence-corrected chi connectivity index (χ1v) is 12.0. The summed E-state index contributed by atoms with van der Waals surface area (Å²) in [6, 6.07) is 11.4. The Hall–Kier alpha value is -3.18. The molecule has 1 saturated heterocycles. The first kappa shape index (κ1) is 24.0. The number of carbonyl (C=O) groups is 2. The van der Waals surface area contributed by atoms with E-state index in [4.69, 9.17) is 4.74 Å². The highest BCUT2D eigenvalue weighted by atomic mass is 79.9. The maximum Gasteiger partial charge on any atom is 0.315 e. The van der Waals surface area contributed by atoms with E-state index in [-0.39, 0.29) is 35.2 Å². The van der Waals surface area contributed by atoms with Gasteiger partial charge in [0.15, 0.2) is 0 Å². The molecule has 0 atom stereocenters. The highest BCUT2D eigenvalue weighted by Crippen LogP contribution is 2.29. The summed E-state index contributed by atoms with van der Waals surface area (Å²) in [5, 5.41) is 2.77. The Morgan fingerprint density at radius 2 is 1.94 bits per heavy atom. The van der Waals surface area contributed by atoms with Crippen molar-refractivity contribution in [2.24, 2.45) is 0 Å². The number of benzene rings is 2. The van der Waals surface area contributed by atoms with Crippen LogP contribution in [0.1, 0.15) is 10.5 Å². The number of nitrogens with one attached hydrogen (secondary N) is 1. The molecule has 0 saturated carbocycles. The van der Waals surface area contributed by atoms with E-state index in [0.717, 1.165) is 4.90 Å². The van der Waals surface area contributed by atoms with Crippen molar-refractivity contribution >= 4 is 51.1 Å². The number of anilines is 2. The Morgan fingerprint density at radius 1 is 1.18 bits per heavy atom. The van der Waals surface area contributed by atoms with Crippen LogP contribution in [0.25, 0.3) is 0 Å². The number of ether oxygens (including phenoxy) is 2. The molecule has 0 unspecified atom stereocenters. The van der Waals surface area contributed by atoms with Crippen LogP contribution in [0.5, 0.6) is 5.75 Å². The molecule has 34 heavy (non-hydrogen) atoms. The summed E-state index contributed by atoms with van der Waals surface area (Å²) in [6.45, 7) is 1.15. The van der Waals surface area contributed by atoms with Crippen molar-refractivity contribution in [3.63, 3.8) is 0 Å². The average molecular weight is 547 g/mol. The normalized spacial score (nSPS) is 13.2. The Morgan fingerprint density at radius 3 is 2.62 bits per heavy atom. The fraction of sp³-hybridized carbons (Fsp3) is 0.217. The molecule has 8 nitrogen and oxygen atoms in total. The van der Waals surface area contributed by atoms with Gasteiger partial charge in [0, 0.05) is 16.6 Å². The summed E-state index contributed by atoms with van der Waals surface area (Å²) in [5.74, 6) is 0.262. The molecule has 1 amide bonds. The maximum atomic E-state index is 13.4. The van der Waals surface area contributed by atoms with Crippen molar-refractivity contribution in [3.05, 3.63) is 70.8 Å². The SMILES string of the molecule is COC(=O)CSc1ccc(NC(=O)c2cnc(N3CC(Oc4cc(F)ccc4Br)C3)cn2)cc1. The zero-order valence-electron chi connectivity index (χ0n) is 18.0. The second kappa shape index (κ2) is 10.8. The number of thioether (sulfide) groups is 1. The Labute approximate surface area is 208 Å².